The Morgan fingerprint density at radius 3 is 2.08 bits per heavy atom. The predicted octanol–water partition coefficient (Wildman–Crippen LogP) is 5.63. The Balaban J connectivity index is 2.76. The fourth-order valence-electron chi connectivity index (χ4n) is 1.94. The molecule has 25 heavy (non-hydrogen) atoms. The molecule has 0 fully saturated rings. The SMILES string of the molecule is Cc1ccc(Sc2c([N+](=O)[O-])cc(C(F)(F)F)c(Cl)c2[N+](=O)[O-])cc1. The highest BCUT2D eigenvalue weighted by molar-refractivity contribution is 7.99. The van der Waals surface area contributed by atoms with Gasteiger partial charge in [0, 0.05) is 11.0 Å². The van der Waals surface area contributed by atoms with E-state index in [0.717, 1.165) is 5.56 Å². The van der Waals surface area contributed by atoms with Crippen LogP contribution in [0, 0.1) is 27.2 Å². The van der Waals surface area contributed by atoms with Gasteiger partial charge in [-0.3, -0.25) is 20.2 Å². The molecule has 0 aliphatic carbocycles. The van der Waals surface area contributed by atoms with Crippen LogP contribution in [-0.2, 0) is 6.18 Å². The summed E-state index contributed by atoms with van der Waals surface area (Å²) in [7, 11) is 0. The van der Waals surface area contributed by atoms with E-state index in [0.29, 0.717) is 16.7 Å². The minimum Gasteiger partial charge on any atom is -0.258 e. The van der Waals surface area contributed by atoms with E-state index < -0.39 is 42.9 Å². The molecular formula is C14H8ClF3N2O4S. The van der Waals surface area contributed by atoms with Crippen molar-refractivity contribution in [2.45, 2.75) is 22.9 Å². The van der Waals surface area contributed by atoms with E-state index in [4.69, 9.17) is 11.6 Å². The molecule has 0 unspecified atom stereocenters. The van der Waals surface area contributed by atoms with Gasteiger partial charge in [-0.25, -0.2) is 0 Å². The average Bonchev–Trinajstić information content (AvgIpc) is 2.47. The van der Waals surface area contributed by atoms with Gasteiger partial charge in [-0.2, -0.15) is 13.2 Å². The number of halogens is 4. The molecule has 6 nitrogen and oxygen atoms in total. The molecule has 0 bridgehead atoms. The van der Waals surface area contributed by atoms with Crippen molar-refractivity contribution < 1.29 is 23.0 Å². The molecule has 0 aliphatic rings. The van der Waals surface area contributed by atoms with Gasteiger partial charge in [-0.15, -0.1) is 0 Å². The number of nitrogens with zero attached hydrogens (tertiary/aromatic N) is 2. The van der Waals surface area contributed by atoms with E-state index in [-0.39, 0.29) is 6.07 Å². The van der Waals surface area contributed by atoms with Crippen molar-refractivity contribution in [3.05, 3.63) is 66.7 Å². The normalized spacial score (nSPS) is 11.4. The van der Waals surface area contributed by atoms with Gasteiger partial charge in [0.25, 0.3) is 5.69 Å². The largest absolute Gasteiger partial charge is 0.418 e. The van der Waals surface area contributed by atoms with Crippen LogP contribution in [0.2, 0.25) is 5.02 Å². The standard InChI is InChI=1S/C14H8ClF3N2O4S/c1-7-2-4-8(5-3-7)25-13-10(19(21)22)6-9(14(16,17)18)11(15)12(13)20(23)24/h2-6H,1H3. The van der Waals surface area contributed by atoms with Crippen molar-refractivity contribution in [3.8, 4) is 0 Å². The summed E-state index contributed by atoms with van der Waals surface area (Å²) in [6.45, 7) is 1.79. The lowest BCUT2D eigenvalue weighted by molar-refractivity contribution is -0.400. The van der Waals surface area contributed by atoms with Crippen LogP contribution in [0.15, 0.2) is 40.1 Å². The predicted molar refractivity (Wildman–Crippen MR) is 85.1 cm³/mol. The van der Waals surface area contributed by atoms with E-state index in [1.54, 1.807) is 31.2 Å². The Bertz CT molecular complexity index is 857. The summed E-state index contributed by atoms with van der Waals surface area (Å²) in [6.07, 6.45) is -5.07. The lowest BCUT2D eigenvalue weighted by Crippen LogP contribution is -2.09. The number of nitro benzene ring substituents is 2. The quantitative estimate of drug-likeness (QED) is 0.496. The van der Waals surface area contributed by atoms with Gasteiger partial charge in [0.1, 0.15) is 5.02 Å². The molecule has 0 atom stereocenters. The lowest BCUT2D eigenvalue weighted by Gasteiger charge is -2.12. The van der Waals surface area contributed by atoms with Gasteiger partial charge in [-0.05, 0) is 19.1 Å². The monoisotopic (exact) mass is 392 g/mol. The number of hydrogen-bond donors (Lipinski definition) is 0. The van der Waals surface area contributed by atoms with E-state index in [1.807, 2.05) is 0 Å². The summed E-state index contributed by atoms with van der Waals surface area (Å²) in [6, 6.07) is 6.61. The number of nitro groups is 2. The van der Waals surface area contributed by atoms with Crippen LogP contribution >= 0.6 is 23.4 Å². The highest BCUT2D eigenvalue weighted by atomic mass is 35.5. The molecule has 0 spiro atoms. The average molecular weight is 393 g/mol. The maximum atomic E-state index is 13.0. The third-order valence-corrected chi connectivity index (χ3v) is 4.60. The zero-order valence-electron chi connectivity index (χ0n) is 12.3. The second-order valence-electron chi connectivity index (χ2n) is 4.86. The van der Waals surface area contributed by atoms with Gasteiger partial charge in [0.05, 0.1) is 15.4 Å². The first kappa shape index (κ1) is 19.0. The summed E-state index contributed by atoms with van der Waals surface area (Å²) >= 11 is 6.17. The molecule has 132 valence electrons. The van der Waals surface area contributed by atoms with Crippen LogP contribution in [0.4, 0.5) is 24.5 Å². The van der Waals surface area contributed by atoms with Crippen molar-refractivity contribution in [2.75, 3.05) is 0 Å². The molecule has 11 heteroatoms. The Kier molecular flexibility index (Phi) is 5.23. The number of rotatable bonds is 4. The first-order chi connectivity index (χ1) is 11.5. The van der Waals surface area contributed by atoms with Gasteiger partial charge in [-0.1, -0.05) is 41.1 Å². The highest BCUT2D eigenvalue weighted by Gasteiger charge is 2.42. The molecule has 0 aromatic heterocycles. The van der Waals surface area contributed by atoms with E-state index in [2.05, 4.69) is 0 Å². The molecular weight excluding hydrogens is 385 g/mol. The van der Waals surface area contributed by atoms with E-state index in [1.165, 1.54) is 0 Å². The first-order valence-electron chi connectivity index (χ1n) is 6.49. The third-order valence-electron chi connectivity index (χ3n) is 3.10. The topological polar surface area (TPSA) is 86.3 Å². The van der Waals surface area contributed by atoms with E-state index in [9.17, 15) is 33.4 Å². The second kappa shape index (κ2) is 6.89. The van der Waals surface area contributed by atoms with E-state index >= 15 is 0 Å². The van der Waals surface area contributed by atoms with Crippen LogP contribution in [0.3, 0.4) is 0 Å². The molecule has 0 heterocycles. The molecule has 0 saturated carbocycles. The molecule has 0 aliphatic heterocycles. The van der Waals surface area contributed by atoms with Crippen molar-refractivity contribution in [1.29, 1.82) is 0 Å². The number of hydrogen-bond acceptors (Lipinski definition) is 5. The van der Waals surface area contributed by atoms with Gasteiger partial charge in [0.15, 0.2) is 4.90 Å². The maximum absolute atomic E-state index is 13.0. The summed E-state index contributed by atoms with van der Waals surface area (Å²) in [4.78, 5) is 20.0. The molecule has 0 radical (unpaired) electrons. The Hall–Kier alpha value is -2.33. The zero-order chi connectivity index (χ0) is 18.9. The highest BCUT2D eigenvalue weighted by Crippen LogP contribution is 2.49. The number of aryl methyl sites for hydroxylation is 1. The molecule has 0 amide bonds. The molecule has 2 aromatic rings. The summed E-state index contributed by atoms with van der Waals surface area (Å²) < 4.78 is 39.0. The fraction of sp³-hybridized carbons (Fsp3) is 0.143. The van der Waals surface area contributed by atoms with Crippen LogP contribution < -0.4 is 0 Å². The van der Waals surface area contributed by atoms with Crippen molar-refractivity contribution in [1.82, 2.24) is 0 Å². The Morgan fingerprint density at radius 2 is 1.64 bits per heavy atom. The smallest absolute Gasteiger partial charge is 0.258 e. The van der Waals surface area contributed by atoms with Gasteiger partial charge < -0.3 is 0 Å². The third kappa shape index (κ3) is 4.02. The summed E-state index contributed by atoms with van der Waals surface area (Å²) in [5.74, 6) is 0. The Labute approximate surface area is 147 Å². The minimum absolute atomic E-state index is 0.214. The van der Waals surface area contributed by atoms with Gasteiger partial charge in [0.2, 0.25) is 0 Å². The van der Waals surface area contributed by atoms with Crippen molar-refractivity contribution in [3.63, 3.8) is 0 Å². The zero-order valence-corrected chi connectivity index (χ0v) is 13.9. The second-order valence-corrected chi connectivity index (χ2v) is 6.32. The maximum Gasteiger partial charge on any atom is 0.418 e. The number of benzene rings is 2. The molecule has 0 saturated heterocycles. The van der Waals surface area contributed by atoms with Crippen molar-refractivity contribution in [2.24, 2.45) is 0 Å². The van der Waals surface area contributed by atoms with Crippen LogP contribution in [0.25, 0.3) is 0 Å². The first-order valence-corrected chi connectivity index (χ1v) is 7.68. The molecule has 2 aromatic carbocycles. The van der Waals surface area contributed by atoms with Crippen LogP contribution in [0.1, 0.15) is 11.1 Å². The van der Waals surface area contributed by atoms with Crippen LogP contribution in [0.5, 0.6) is 0 Å². The lowest BCUT2D eigenvalue weighted by atomic mass is 10.1. The fourth-order valence-corrected chi connectivity index (χ4v) is 3.34. The molecule has 0 N–H and O–H groups in total. The van der Waals surface area contributed by atoms with Crippen LogP contribution in [-0.4, -0.2) is 9.85 Å². The summed E-state index contributed by atoms with van der Waals surface area (Å²) in [5.41, 5.74) is -2.93. The molecule has 2 rings (SSSR count). The summed E-state index contributed by atoms with van der Waals surface area (Å²) in [5, 5.41) is 21.3. The van der Waals surface area contributed by atoms with Gasteiger partial charge >= 0.3 is 11.9 Å². The number of alkyl halides is 3. The Morgan fingerprint density at radius 1 is 1.08 bits per heavy atom. The minimum atomic E-state index is -5.07. The van der Waals surface area contributed by atoms with Crippen molar-refractivity contribution >= 4 is 34.7 Å².